The average molecular weight is 528 g/mol. The van der Waals surface area contributed by atoms with E-state index in [4.69, 9.17) is 4.74 Å². The van der Waals surface area contributed by atoms with Crippen molar-refractivity contribution in [1.82, 2.24) is 25.2 Å². The number of rotatable bonds is 9. The van der Waals surface area contributed by atoms with Gasteiger partial charge in [-0.05, 0) is 48.2 Å². The van der Waals surface area contributed by atoms with Crippen LogP contribution >= 0.6 is 0 Å². The van der Waals surface area contributed by atoms with Crippen LogP contribution in [0, 0.1) is 0 Å². The smallest absolute Gasteiger partial charge is 0.247 e. The van der Waals surface area contributed by atoms with E-state index in [1.54, 1.807) is 21.7 Å². The molecule has 5 rings (SSSR count). The fourth-order valence-electron chi connectivity index (χ4n) is 5.23. The minimum absolute atomic E-state index is 0.0496. The molecule has 0 radical (unpaired) electrons. The highest BCUT2D eigenvalue weighted by Crippen LogP contribution is 2.33. The maximum atomic E-state index is 14.0. The van der Waals surface area contributed by atoms with Crippen molar-refractivity contribution in [1.29, 1.82) is 0 Å². The SMILES string of the molecule is COc1ccc([C@@H](C(=O)NC2CCCCC2)N(Cc2ccccc2)C(=O)Cn2nnc3ccccc32)cc1O. The second-order valence-corrected chi connectivity index (χ2v) is 9.92. The first-order chi connectivity index (χ1) is 19.0. The van der Waals surface area contributed by atoms with Crippen molar-refractivity contribution < 1.29 is 19.4 Å². The molecular formula is C30H33N5O4. The fraction of sp³-hybridized carbons (Fsp3) is 0.333. The number of hydrogen-bond donors (Lipinski definition) is 2. The third-order valence-electron chi connectivity index (χ3n) is 7.25. The number of methoxy groups -OCH3 is 1. The van der Waals surface area contributed by atoms with Crippen molar-refractivity contribution in [3.05, 3.63) is 83.9 Å². The Morgan fingerprint density at radius 1 is 1.05 bits per heavy atom. The van der Waals surface area contributed by atoms with Crippen LogP contribution in [0.4, 0.5) is 0 Å². The van der Waals surface area contributed by atoms with Crippen LogP contribution in [0.1, 0.15) is 49.3 Å². The highest BCUT2D eigenvalue weighted by atomic mass is 16.5. The number of hydrogen-bond acceptors (Lipinski definition) is 6. The Balaban J connectivity index is 1.53. The zero-order valence-corrected chi connectivity index (χ0v) is 22.0. The van der Waals surface area contributed by atoms with Gasteiger partial charge in [0.05, 0.1) is 12.6 Å². The number of aromatic hydroxyl groups is 1. The summed E-state index contributed by atoms with van der Waals surface area (Å²) >= 11 is 0. The molecule has 1 atom stereocenters. The van der Waals surface area contributed by atoms with Crippen LogP contribution in [0.15, 0.2) is 72.8 Å². The molecule has 0 bridgehead atoms. The topological polar surface area (TPSA) is 110 Å². The van der Waals surface area contributed by atoms with Crippen LogP contribution in [-0.2, 0) is 22.7 Å². The average Bonchev–Trinajstić information content (AvgIpc) is 3.36. The molecule has 0 aliphatic heterocycles. The lowest BCUT2D eigenvalue weighted by Gasteiger charge is -2.33. The lowest BCUT2D eigenvalue weighted by atomic mass is 9.94. The summed E-state index contributed by atoms with van der Waals surface area (Å²) in [5.41, 5.74) is 2.79. The first-order valence-electron chi connectivity index (χ1n) is 13.3. The number of phenolic OH excluding ortho intramolecular Hbond substituents is 1. The van der Waals surface area contributed by atoms with Crippen LogP contribution in [-0.4, -0.2) is 50.0 Å². The highest BCUT2D eigenvalue weighted by Gasteiger charge is 2.34. The van der Waals surface area contributed by atoms with Gasteiger partial charge in [-0.15, -0.1) is 5.10 Å². The first kappa shape index (κ1) is 26.2. The number of benzene rings is 3. The Labute approximate surface area is 227 Å². The van der Waals surface area contributed by atoms with Crippen molar-refractivity contribution in [2.24, 2.45) is 0 Å². The van der Waals surface area contributed by atoms with Crippen molar-refractivity contribution >= 4 is 22.8 Å². The van der Waals surface area contributed by atoms with E-state index in [0.29, 0.717) is 16.8 Å². The van der Waals surface area contributed by atoms with Gasteiger partial charge in [-0.1, -0.05) is 73.0 Å². The highest BCUT2D eigenvalue weighted by molar-refractivity contribution is 5.89. The van der Waals surface area contributed by atoms with Gasteiger partial charge in [0.1, 0.15) is 18.1 Å². The Hall–Kier alpha value is -4.40. The van der Waals surface area contributed by atoms with Crippen LogP contribution in [0.3, 0.4) is 0 Å². The van der Waals surface area contributed by atoms with E-state index in [9.17, 15) is 14.7 Å². The van der Waals surface area contributed by atoms with E-state index < -0.39 is 6.04 Å². The summed E-state index contributed by atoms with van der Waals surface area (Å²) in [4.78, 5) is 29.6. The van der Waals surface area contributed by atoms with Crippen LogP contribution in [0.5, 0.6) is 11.5 Å². The lowest BCUT2D eigenvalue weighted by molar-refractivity contribution is -0.142. The lowest BCUT2D eigenvalue weighted by Crippen LogP contribution is -2.47. The largest absolute Gasteiger partial charge is 0.504 e. The summed E-state index contributed by atoms with van der Waals surface area (Å²) in [5.74, 6) is -0.382. The molecule has 0 spiro atoms. The summed E-state index contributed by atoms with van der Waals surface area (Å²) in [6, 6.07) is 20.9. The zero-order chi connectivity index (χ0) is 27.2. The molecule has 2 N–H and O–H groups in total. The van der Waals surface area contributed by atoms with Gasteiger partial charge in [-0.2, -0.15) is 0 Å². The molecule has 1 aliphatic rings. The molecule has 1 heterocycles. The van der Waals surface area contributed by atoms with Gasteiger partial charge in [0.15, 0.2) is 11.5 Å². The molecule has 9 nitrogen and oxygen atoms in total. The van der Waals surface area contributed by atoms with Crippen LogP contribution in [0.25, 0.3) is 11.0 Å². The molecule has 3 aromatic carbocycles. The number of ether oxygens (including phenoxy) is 1. The Morgan fingerprint density at radius 3 is 2.54 bits per heavy atom. The van der Waals surface area contributed by atoms with E-state index in [-0.39, 0.29) is 36.7 Å². The summed E-state index contributed by atoms with van der Waals surface area (Å²) in [7, 11) is 1.47. The van der Waals surface area contributed by atoms with Crippen molar-refractivity contribution in [2.75, 3.05) is 7.11 Å². The molecule has 1 saturated carbocycles. The maximum absolute atomic E-state index is 14.0. The van der Waals surface area contributed by atoms with Gasteiger partial charge in [0.2, 0.25) is 11.8 Å². The number of aromatic nitrogens is 3. The number of carbonyl (C=O) groups is 2. The van der Waals surface area contributed by atoms with Crippen LogP contribution < -0.4 is 10.1 Å². The summed E-state index contributed by atoms with van der Waals surface area (Å²) < 4.78 is 6.78. The molecule has 39 heavy (non-hydrogen) atoms. The predicted molar refractivity (Wildman–Crippen MR) is 147 cm³/mol. The number of nitrogens with zero attached hydrogens (tertiary/aromatic N) is 4. The second kappa shape index (κ2) is 12.0. The normalized spacial score (nSPS) is 14.6. The predicted octanol–water partition coefficient (Wildman–Crippen LogP) is 4.36. The summed E-state index contributed by atoms with van der Waals surface area (Å²) in [6.07, 6.45) is 5.09. The number of fused-ring (bicyclic) bond motifs is 1. The standard InChI is InChI=1S/C30H33N5O4/c1-39-27-17-16-22(18-26(27)36)29(30(38)31-23-12-6-3-7-13-23)34(19-21-10-4-2-5-11-21)28(37)20-35-25-15-9-8-14-24(25)32-33-35/h2,4-5,8-11,14-18,23,29,36H,3,6-7,12-13,19-20H2,1H3,(H,31,38)/t29-/m0/s1. The number of para-hydroxylation sites is 1. The van der Waals surface area contributed by atoms with Crippen molar-refractivity contribution in [3.8, 4) is 11.5 Å². The Morgan fingerprint density at radius 2 is 1.79 bits per heavy atom. The van der Waals surface area contributed by atoms with Gasteiger partial charge >= 0.3 is 0 Å². The molecule has 0 unspecified atom stereocenters. The molecule has 1 aromatic heterocycles. The molecule has 1 aliphatic carbocycles. The number of nitrogens with one attached hydrogen (secondary N) is 1. The second-order valence-electron chi connectivity index (χ2n) is 9.92. The van der Waals surface area contributed by atoms with E-state index >= 15 is 0 Å². The monoisotopic (exact) mass is 527 g/mol. The van der Waals surface area contributed by atoms with E-state index in [1.807, 2.05) is 54.6 Å². The van der Waals surface area contributed by atoms with Gasteiger partial charge in [0.25, 0.3) is 0 Å². The Bertz CT molecular complexity index is 1430. The van der Waals surface area contributed by atoms with E-state index in [0.717, 1.165) is 43.2 Å². The van der Waals surface area contributed by atoms with Crippen molar-refractivity contribution in [3.63, 3.8) is 0 Å². The van der Waals surface area contributed by atoms with Gasteiger partial charge < -0.3 is 20.1 Å². The summed E-state index contributed by atoms with van der Waals surface area (Å²) in [5, 5.41) is 22.2. The molecule has 1 fully saturated rings. The summed E-state index contributed by atoms with van der Waals surface area (Å²) in [6.45, 7) is 0.102. The maximum Gasteiger partial charge on any atom is 0.247 e. The third-order valence-corrected chi connectivity index (χ3v) is 7.25. The number of amides is 2. The van der Waals surface area contributed by atoms with E-state index in [2.05, 4.69) is 15.6 Å². The van der Waals surface area contributed by atoms with Gasteiger partial charge in [-0.3, -0.25) is 9.59 Å². The van der Waals surface area contributed by atoms with E-state index in [1.165, 1.54) is 13.2 Å². The fourth-order valence-corrected chi connectivity index (χ4v) is 5.23. The first-order valence-corrected chi connectivity index (χ1v) is 13.3. The van der Waals surface area contributed by atoms with Crippen LogP contribution in [0.2, 0.25) is 0 Å². The molecule has 202 valence electrons. The Kier molecular flexibility index (Phi) is 8.05. The number of carbonyl (C=O) groups excluding carboxylic acids is 2. The number of phenols is 1. The quantitative estimate of drug-likeness (QED) is 0.335. The van der Waals surface area contributed by atoms with Gasteiger partial charge in [0, 0.05) is 12.6 Å². The minimum atomic E-state index is -0.980. The zero-order valence-electron chi connectivity index (χ0n) is 22.0. The third kappa shape index (κ3) is 6.03. The van der Waals surface area contributed by atoms with Gasteiger partial charge in [-0.25, -0.2) is 4.68 Å². The van der Waals surface area contributed by atoms with Crippen molar-refractivity contribution in [2.45, 2.75) is 57.3 Å². The molecule has 9 heteroatoms. The minimum Gasteiger partial charge on any atom is -0.504 e. The molecule has 2 amide bonds. The molecule has 4 aromatic rings. The molecule has 0 saturated heterocycles. The molecular weight excluding hydrogens is 494 g/mol.